The van der Waals surface area contributed by atoms with E-state index in [1.807, 2.05) is 24.3 Å². The van der Waals surface area contributed by atoms with Gasteiger partial charge >= 0.3 is 5.97 Å². The quantitative estimate of drug-likeness (QED) is 0.815. The lowest BCUT2D eigenvalue weighted by Crippen LogP contribution is -2.32. The summed E-state index contributed by atoms with van der Waals surface area (Å²) in [5.74, 6) is -0.188. The second kappa shape index (κ2) is 8.36. The molecule has 2 rings (SSSR count). The van der Waals surface area contributed by atoms with E-state index in [-0.39, 0.29) is 24.9 Å². The molecule has 6 nitrogen and oxygen atoms in total. The van der Waals surface area contributed by atoms with E-state index in [9.17, 15) is 9.59 Å². The number of carbonyl (C=O) groups is 2. The minimum Gasteiger partial charge on any atom is -0.481 e. The molecular formula is C16H19ClN2O4. The summed E-state index contributed by atoms with van der Waals surface area (Å²) < 4.78 is 10.0. The van der Waals surface area contributed by atoms with Gasteiger partial charge in [-0.3, -0.25) is 4.79 Å². The number of esters is 1. The van der Waals surface area contributed by atoms with Crippen LogP contribution in [0.2, 0.25) is 0 Å². The minimum atomic E-state index is -0.603. The zero-order valence-corrected chi connectivity index (χ0v) is 13.7. The van der Waals surface area contributed by atoms with Gasteiger partial charge in [0.2, 0.25) is 5.91 Å². The van der Waals surface area contributed by atoms with Crippen LogP contribution in [0.1, 0.15) is 6.92 Å². The molecule has 0 heterocycles. The van der Waals surface area contributed by atoms with Crippen LogP contribution in [0.4, 0.5) is 5.69 Å². The van der Waals surface area contributed by atoms with Crippen molar-refractivity contribution in [2.45, 2.75) is 13.0 Å². The van der Waals surface area contributed by atoms with Crippen LogP contribution in [0, 0.1) is 0 Å². The molecule has 1 atom stereocenters. The van der Waals surface area contributed by atoms with Crippen molar-refractivity contribution in [3.63, 3.8) is 0 Å². The lowest BCUT2D eigenvalue weighted by atomic mass is 10.1. The van der Waals surface area contributed by atoms with E-state index in [0.717, 1.165) is 10.8 Å². The smallest absolute Gasteiger partial charge is 0.343 e. The molecular weight excluding hydrogens is 320 g/mol. The standard InChI is InChI=1S/C16H18N2O4.ClH/c1-10(17)16(20)18-13-7-8-14(22-9-15(19)21-2)12-6-4-3-5-11(12)13;/h3-8,10H,9,17H2,1-2H3,(H,18,20);1H/t10-;/m0./s1. The second-order valence-corrected chi connectivity index (χ2v) is 4.80. The molecule has 0 spiro atoms. The number of amides is 1. The van der Waals surface area contributed by atoms with Crippen molar-refractivity contribution < 1.29 is 19.1 Å². The third kappa shape index (κ3) is 4.58. The second-order valence-electron chi connectivity index (χ2n) is 4.80. The molecule has 23 heavy (non-hydrogen) atoms. The van der Waals surface area contributed by atoms with Gasteiger partial charge in [-0.2, -0.15) is 0 Å². The first-order chi connectivity index (χ1) is 10.5. The third-order valence-electron chi connectivity index (χ3n) is 3.13. The van der Waals surface area contributed by atoms with Gasteiger partial charge in [0.1, 0.15) is 5.75 Å². The number of fused-ring (bicyclic) bond motifs is 1. The van der Waals surface area contributed by atoms with Gasteiger partial charge in [0, 0.05) is 16.5 Å². The van der Waals surface area contributed by atoms with Crippen LogP contribution >= 0.6 is 12.4 Å². The average molecular weight is 339 g/mol. The zero-order chi connectivity index (χ0) is 16.1. The molecule has 0 aliphatic heterocycles. The van der Waals surface area contributed by atoms with E-state index in [0.29, 0.717) is 11.4 Å². The molecule has 2 aromatic carbocycles. The van der Waals surface area contributed by atoms with Crippen LogP contribution in [0.3, 0.4) is 0 Å². The molecule has 124 valence electrons. The number of nitrogens with two attached hydrogens (primary N) is 1. The van der Waals surface area contributed by atoms with Crippen molar-refractivity contribution in [3.8, 4) is 5.75 Å². The van der Waals surface area contributed by atoms with Gasteiger partial charge in [-0.15, -0.1) is 12.4 Å². The summed E-state index contributed by atoms with van der Waals surface area (Å²) in [4.78, 5) is 23.0. The molecule has 0 saturated carbocycles. The topological polar surface area (TPSA) is 90.6 Å². The summed E-state index contributed by atoms with van der Waals surface area (Å²) in [5.41, 5.74) is 6.21. The van der Waals surface area contributed by atoms with Gasteiger partial charge in [-0.25, -0.2) is 4.79 Å². The highest BCUT2D eigenvalue weighted by atomic mass is 35.5. The molecule has 0 saturated heterocycles. The molecule has 7 heteroatoms. The maximum Gasteiger partial charge on any atom is 0.343 e. The maximum absolute atomic E-state index is 11.8. The number of rotatable bonds is 5. The fourth-order valence-electron chi connectivity index (χ4n) is 1.95. The highest BCUT2D eigenvalue weighted by molar-refractivity contribution is 6.05. The first kappa shape index (κ1) is 18.7. The minimum absolute atomic E-state index is 0. The van der Waals surface area contributed by atoms with Crippen LogP contribution in [0.5, 0.6) is 5.75 Å². The highest BCUT2D eigenvalue weighted by Crippen LogP contribution is 2.31. The summed E-state index contributed by atoms with van der Waals surface area (Å²) in [6.45, 7) is 1.44. The summed E-state index contributed by atoms with van der Waals surface area (Å²) in [6.07, 6.45) is 0. The SMILES string of the molecule is COC(=O)COc1ccc(NC(=O)[C@H](C)N)c2ccccc12.Cl. The maximum atomic E-state index is 11.8. The molecule has 3 N–H and O–H groups in total. The van der Waals surface area contributed by atoms with E-state index in [1.165, 1.54) is 7.11 Å². The molecule has 0 unspecified atom stereocenters. The Morgan fingerprint density at radius 3 is 2.43 bits per heavy atom. The Hall–Kier alpha value is -2.31. The van der Waals surface area contributed by atoms with Crippen molar-refractivity contribution in [1.29, 1.82) is 0 Å². The van der Waals surface area contributed by atoms with E-state index in [4.69, 9.17) is 10.5 Å². The van der Waals surface area contributed by atoms with Crippen molar-refractivity contribution >= 4 is 40.7 Å². The number of nitrogens with one attached hydrogen (secondary N) is 1. The Morgan fingerprint density at radius 1 is 1.17 bits per heavy atom. The molecule has 0 aliphatic rings. The van der Waals surface area contributed by atoms with Gasteiger partial charge < -0.3 is 20.5 Å². The fraction of sp³-hybridized carbons (Fsp3) is 0.250. The molecule has 0 radical (unpaired) electrons. The number of carbonyl (C=O) groups excluding carboxylic acids is 2. The summed E-state index contributed by atoms with van der Waals surface area (Å²) in [5, 5.41) is 4.37. The van der Waals surface area contributed by atoms with Crippen molar-refractivity contribution in [2.24, 2.45) is 5.73 Å². The van der Waals surface area contributed by atoms with Crippen LogP contribution < -0.4 is 15.8 Å². The van der Waals surface area contributed by atoms with Gasteiger partial charge in [0.25, 0.3) is 0 Å². The van der Waals surface area contributed by atoms with Crippen molar-refractivity contribution in [3.05, 3.63) is 36.4 Å². The number of halogens is 1. The number of methoxy groups -OCH3 is 1. The molecule has 0 aromatic heterocycles. The summed E-state index contributed by atoms with van der Waals surface area (Å²) in [6, 6.07) is 10.2. The molecule has 1 amide bonds. The van der Waals surface area contributed by atoms with E-state index in [1.54, 1.807) is 19.1 Å². The molecule has 0 aliphatic carbocycles. The summed E-state index contributed by atoms with van der Waals surface area (Å²) >= 11 is 0. The third-order valence-corrected chi connectivity index (χ3v) is 3.13. The zero-order valence-electron chi connectivity index (χ0n) is 12.9. The Labute approximate surface area is 140 Å². The van der Waals surface area contributed by atoms with Gasteiger partial charge in [-0.05, 0) is 19.1 Å². The average Bonchev–Trinajstić information content (AvgIpc) is 2.53. The number of ether oxygens (including phenoxy) is 2. The van der Waals surface area contributed by atoms with Gasteiger partial charge in [-0.1, -0.05) is 24.3 Å². The molecule has 0 bridgehead atoms. The Bertz CT molecular complexity index is 704. The van der Waals surface area contributed by atoms with Crippen molar-refractivity contribution in [1.82, 2.24) is 0 Å². The predicted octanol–water partition coefficient (Wildman–Crippen LogP) is 2.10. The van der Waals surface area contributed by atoms with Gasteiger partial charge in [0.05, 0.1) is 13.2 Å². The number of benzene rings is 2. The van der Waals surface area contributed by atoms with E-state index in [2.05, 4.69) is 10.1 Å². The predicted molar refractivity (Wildman–Crippen MR) is 91.0 cm³/mol. The number of hydrogen-bond donors (Lipinski definition) is 2. The summed E-state index contributed by atoms with van der Waals surface area (Å²) in [7, 11) is 1.30. The highest BCUT2D eigenvalue weighted by Gasteiger charge is 2.12. The van der Waals surface area contributed by atoms with Crippen LogP contribution in [0.25, 0.3) is 10.8 Å². The normalized spacial score (nSPS) is 11.3. The number of hydrogen-bond acceptors (Lipinski definition) is 5. The fourth-order valence-corrected chi connectivity index (χ4v) is 1.95. The largest absolute Gasteiger partial charge is 0.481 e. The number of anilines is 1. The van der Waals surface area contributed by atoms with Crippen LogP contribution in [-0.4, -0.2) is 31.6 Å². The van der Waals surface area contributed by atoms with E-state index < -0.39 is 12.0 Å². The first-order valence-electron chi connectivity index (χ1n) is 6.80. The monoisotopic (exact) mass is 338 g/mol. The lowest BCUT2D eigenvalue weighted by Gasteiger charge is -2.14. The van der Waals surface area contributed by atoms with Crippen LogP contribution in [0.15, 0.2) is 36.4 Å². The molecule has 2 aromatic rings. The first-order valence-corrected chi connectivity index (χ1v) is 6.80. The Kier molecular flexibility index (Phi) is 6.81. The van der Waals surface area contributed by atoms with E-state index >= 15 is 0 Å². The van der Waals surface area contributed by atoms with Crippen LogP contribution in [-0.2, 0) is 14.3 Å². The Balaban J connectivity index is 0.00000264. The van der Waals surface area contributed by atoms with Gasteiger partial charge in [0.15, 0.2) is 6.61 Å². The van der Waals surface area contributed by atoms with Crippen molar-refractivity contribution in [2.75, 3.05) is 19.0 Å². The Morgan fingerprint density at radius 2 is 1.83 bits per heavy atom. The molecule has 0 fully saturated rings. The lowest BCUT2D eigenvalue weighted by molar-refractivity contribution is -0.142.